The molecule has 1 nitrogen and oxygen atoms in total. The molecule has 21 heavy (non-hydrogen) atoms. The van der Waals surface area contributed by atoms with Crippen molar-refractivity contribution < 1.29 is 57.8 Å². The van der Waals surface area contributed by atoms with Gasteiger partial charge < -0.3 is 5.11 Å². The maximum atomic E-state index is 13.0. The third-order valence-electron chi connectivity index (χ3n) is 2.27. The van der Waals surface area contributed by atoms with Crippen molar-refractivity contribution in [2.24, 2.45) is 0 Å². The summed E-state index contributed by atoms with van der Waals surface area (Å²) in [6.45, 7) is 0. The van der Waals surface area contributed by atoms with Crippen LogP contribution < -0.4 is 0 Å². The van der Waals surface area contributed by atoms with Gasteiger partial charge in [-0.3, -0.25) is 0 Å². The van der Waals surface area contributed by atoms with E-state index in [1.807, 2.05) is 0 Å². The molecule has 0 aromatic rings. The number of hydrogen-bond acceptors (Lipinski definition) is 1. The minimum absolute atomic E-state index is 2.84. The first-order valence-corrected chi connectivity index (χ1v) is 4.78. The van der Waals surface area contributed by atoms with E-state index < -0.39 is 49.1 Å². The maximum Gasteiger partial charge on any atom is 0.431 e. The van der Waals surface area contributed by atoms with Crippen LogP contribution in [0.2, 0.25) is 0 Å². The Balaban J connectivity index is 5.37. The van der Waals surface area contributed by atoms with E-state index >= 15 is 0 Å². The molecule has 0 radical (unpaired) electrons. The molecule has 0 aliphatic heterocycles. The minimum Gasteiger partial charge on any atom is -0.383 e. The largest absolute Gasteiger partial charge is 0.431 e. The summed E-state index contributed by atoms with van der Waals surface area (Å²) in [6.07, 6.45) is -29.7. The van der Waals surface area contributed by atoms with Crippen LogP contribution >= 0.6 is 0 Å². The van der Waals surface area contributed by atoms with Crippen molar-refractivity contribution in [3.05, 3.63) is 0 Å². The second-order valence-electron chi connectivity index (χ2n) is 4.09. The molecule has 0 aromatic carbocycles. The SMILES string of the molecule is OC(CC(F)(F)CC(F)(C(F)(F)F)C(F)(F)F)C(F)(F)F. The average molecular weight is 346 g/mol. The highest BCUT2D eigenvalue weighted by Gasteiger charge is 2.75. The molecule has 13 heteroatoms. The molecule has 0 aromatic heterocycles. The average Bonchev–Trinajstić information content (AvgIpc) is 2.10. The number of alkyl halides is 12. The molecule has 0 fully saturated rings. The van der Waals surface area contributed by atoms with Crippen molar-refractivity contribution >= 4 is 0 Å². The molecule has 1 atom stereocenters. The molecule has 0 rings (SSSR count). The highest BCUT2D eigenvalue weighted by atomic mass is 19.4. The highest BCUT2D eigenvalue weighted by molar-refractivity contribution is 4.98. The fourth-order valence-corrected chi connectivity index (χ4v) is 1.19. The van der Waals surface area contributed by atoms with Crippen LogP contribution in [0.4, 0.5) is 52.7 Å². The third-order valence-corrected chi connectivity index (χ3v) is 2.27. The summed E-state index contributed by atoms with van der Waals surface area (Å²) in [4.78, 5) is 0. The van der Waals surface area contributed by atoms with Crippen molar-refractivity contribution in [1.29, 1.82) is 0 Å². The van der Waals surface area contributed by atoms with Gasteiger partial charge in [0.25, 0.3) is 5.92 Å². The van der Waals surface area contributed by atoms with Crippen molar-refractivity contribution in [3.8, 4) is 0 Å². The predicted octanol–water partition coefficient (Wildman–Crippen LogP) is 4.16. The van der Waals surface area contributed by atoms with Crippen LogP contribution in [-0.4, -0.2) is 41.3 Å². The molecule has 128 valence electrons. The Hall–Kier alpha value is -0.880. The standard InChI is InChI=1S/C8H6F12O/c9-4(10,1-3(21)6(12,13)14)2-5(11,7(15,16)17)8(18,19)20/h3,21H,1-2H2. The highest BCUT2D eigenvalue weighted by Crippen LogP contribution is 2.52. The zero-order chi connectivity index (χ0) is 17.5. The molecule has 0 saturated carbocycles. The fourth-order valence-electron chi connectivity index (χ4n) is 1.19. The summed E-state index contributed by atoms with van der Waals surface area (Å²) in [5, 5.41) is 8.23. The molecule has 1 N–H and O–H groups in total. The number of hydrogen-bond donors (Lipinski definition) is 1. The lowest BCUT2D eigenvalue weighted by atomic mass is 9.93. The normalized spacial score (nSPS) is 17.0. The predicted molar refractivity (Wildman–Crippen MR) is 42.2 cm³/mol. The quantitative estimate of drug-likeness (QED) is 0.758. The Kier molecular flexibility index (Phi) is 5.17. The van der Waals surface area contributed by atoms with Gasteiger partial charge in [0.15, 0.2) is 6.10 Å². The van der Waals surface area contributed by atoms with E-state index in [4.69, 9.17) is 5.11 Å². The van der Waals surface area contributed by atoms with Gasteiger partial charge in [0, 0.05) is 6.42 Å². The van der Waals surface area contributed by atoms with Crippen molar-refractivity contribution in [1.82, 2.24) is 0 Å². The van der Waals surface area contributed by atoms with Gasteiger partial charge in [0.2, 0.25) is 0 Å². The summed E-state index contributed by atoms with van der Waals surface area (Å²) >= 11 is 0. The maximum absolute atomic E-state index is 13.0. The molecule has 0 spiro atoms. The third kappa shape index (κ3) is 4.81. The zero-order valence-electron chi connectivity index (χ0n) is 9.47. The van der Waals surface area contributed by atoms with Gasteiger partial charge in [-0.05, 0) is 0 Å². The summed E-state index contributed by atoms with van der Waals surface area (Å²) in [5.74, 6) is -5.41. The van der Waals surface area contributed by atoms with Crippen molar-refractivity contribution in [3.63, 3.8) is 0 Å². The van der Waals surface area contributed by atoms with E-state index in [-0.39, 0.29) is 0 Å². The number of rotatable bonds is 4. The van der Waals surface area contributed by atoms with Crippen LogP contribution in [0, 0.1) is 0 Å². The molecular formula is C8H6F12O. The van der Waals surface area contributed by atoms with E-state index in [9.17, 15) is 52.7 Å². The molecular weight excluding hydrogens is 340 g/mol. The van der Waals surface area contributed by atoms with Crippen molar-refractivity contribution in [2.45, 2.75) is 49.1 Å². The lowest BCUT2D eigenvalue weighted by Crippen LogP contribution is -2.56. The number of halogens is 12. The minimum atomic E-state index is -6.82. The van der Waals surface area contributed by atoms with E-state index in [1.165, 1.54) is 0 Å². The van der Waals surface area contributed by atoms with Gasteiger partial charge in [-0.2, -0.15) is 39.5 Å². The Morgan fingerprint density at radius 1 is 0.667 bits per heavy atom. The number of aliphatic hydroxyl groups is 1. The van der Waals surface area contributed by atoms with Crippen LogP contribution in [0.15, 0.2) is 0 Å². The second-order valence-corrected chi connectivity index (χ2v) is 4.09. The Morgan fingerprint density at radius 2 is 1.00 bits per heavy atom. The molecule has 0 aliphatic rings. The molecule has 0 amide bonds. The van der Waals surface area contributed by atoms with Gasteiger partial charge >= 0.3 is 24.2 Å². The monoisotopic (exact) mass is 346 g/mol. The van der Waals surface area contributed by atoms with Crippen LogP contribution in [0.5, 0.6) is 0 Å². The second kappa shape index (κ2) is 5.39. The first-order valence-electron chi connectivity index (χ1n) is 4.78. The van der Waals surface area contributed by atoms with Crippen LogP contribution in [0.3, 0.4) is 0 Å². The van der Waals surface area contributed by atoms with Crippen LogP contribution in [0.25, 0.3) is 0 Å². The zero-order valence-corrected chi connectivity index (χ0v) is 9.47. The molecule has 0 saturated heterocycles. The van der Waals surface area contributed by atoms with Crippen LogP contribution in [-0.2, 0) is 0 Å². The summed E-state index contributed by atoms with van der Waals surface area (Å²) < 4.78 is 146. The van der Waals surface area contributed by atoms with Gasteiger partial charge in [0.1, 0.15) is 0 Å². The number of aliphatic hydroxyl groups excluding tert-OH is 1. The Bertz CT molecular complexity index is 336. The van der Waals surface area contributed by atoms with Crippen molar-refractivity contribution in [2.75, 3.05) is 0 Å². The van der Waals surface area contributed by atoms with E-state index in [0.29, 0.717) is 0 Å². The molecule has 1 unspecified atom stereocenters. The van der Waals surface area contributed by atoms with Crippen LogP contribution in [0.1, 0.15) is 12.8 Å². The summed E-state index contributed by atoms with van der Waals surface area (Å²) in [7, 11) is 0. The molecule has 0 heterocycles. The van der Waals surface area contributed by atoms with Gasteiger partial charge in [-0.15, -0.1) is 0 Å². The van der Waals surface area contributed by atoms with E-state index in [2.05, 4.69) is 0 Å². The summed E-state index contributed by atoms with van der Waals surface area (Å²) in [5.41, 5.74) is -6.41. The fraction of sp³-hybridized carbons (Fsp3) is 1.00. The van der Waals surface area contributed by atoms with E-state index in [1.54, 1.807) is 0 Å². The Morgan fingerprint density at radius 3 is 1.24 bits per heavy atom. The lowest BCUT2D eigenvalue weighted by Gasteiger charge is -2.33. The lowest BCUT2D eigenvalue weighted by molar-refractivity contribution is -0.356. The van der Waals surface area contributed by atoms with Gasteiger partial charge in [0.05, 0.1) is 6.42 Å². The topological polar surface area (TPSA) is 20.2 Å². The van der Waals surface area contributed by atoms with Gasteiger partial charge in [-0.1, -0.05) is 0 Å². The smallest absolute Gasteiger partial charge is 0.383 e. The van der Waals surface area contributed by atoms with Gasteiger partial charge in [-0.25, -0.2) is 13.2 Å². The Labute approximate surface area is 108 Å². The first kappa shape index (κ1) is 20.1. The summed E-state index contributed by atoms with van der Waals surface area (Å²) in [6, 6.07) is 0. The molecule has 0 aliphatic carbocycles. The first-order chi connectivity index (χ1) is 8.83. The van der Waals surface area contributed by atoms with E-state index in [0.717, 1.165) is 0 Å². The molecule has 0 bridgehead atoms.